The molecule has 0 fully saturated rings. The monoisotopic (exact) mass is 325 g/mol. The van der Waals surface area contributed by atoms with Gasteiger partial charge in [-0.3, -0.25) is 14.6 Å². The van der Waals surface area contributed by atoms with Gasteiger partial charge in [0.2, 0.25) is 0 Å². The van der Waals surface area contributed by atoms with E-state index in [1.807, 2.05) is 32.0 Å². The van der Waals surface area contributed by atoms with Gasteiger partial charge in [0.25, 0.3) is 11.8 Å². The summed E-state index contributed by atoms with van der Waals surface area (Å²) in [6, 6.07) is 7.40. The molecule has 2 amide bonds. The number of nitrogens with zero attached hydrogens (tertiary/aromatic N) is 1. The number of hydrogen-bond donors (Lipinski definition) is 2. The lowest BCUT2D eigenvalue weighted by Gasteiger charge is -2.12. The minimum Gasteiger partial charge on any atom is -0.352 e. The molecular weight excluding hydrogens is 302 g/mol. The van der Waals surface area contributed by atoms with E-state index in [9.17, 15) is 9.59 Å². The highest BCUT2D eigenvalue weighted by Crippen LogP contribution is 2.20. The van der Waals surface area contributed by atoms with E-state index in [2.05, 4.69) is 22.5 Å². The topological polar surface area (TPSA) is 71.1 Å². The Labute approximate surface area is 142 Å². The number of carbonyl (C=O) groups excluding carboxylic acids is 2. The van der Waals surface area contributed by atoms with Gasteiger partial charge in [0.15, 0.2) is 0 Å². The van der Waals surface area contributed by atoms with Gasteiger partial charge in [0.05, 0.1) is 11.1 Å². The predicted octanol–water partition coefficient (Wildman–Crippen LogP) is 3.48. The molecule has 0 spiro atoms. The number of hydrogen-bond acceptors (Lipinski definition) is 3. The van der Waals surface area contributed by atoms with Crippen molar-refractivity contribution in [3.63, 3.8) is 0 Å². The summed E-state index contributed by atoms with van der Waals surface area (Å²) in [5.41, 5.74) is 3.52. The molecule has 2 aromatic rings. The molecule has 0 aliphatic carbocycles. The van der Waals surface area contributed by atoms with Crippen LogP contribution >= 0.6 is 0 Å². The highest BCUT2D eigenvalue weighted by molar-refractivity contribution is 6.06. The van der Waals surface area contributed by atoms with Gasteiger partial charge in [0.1, 0.15) is 0 Å². The second kappa shape index (κ2) is 8.24. The van der Waals surface area contributed by atoms with Crippen molar-refractivity contribution in [1.29, 1.82) is 0 Å². The van der Waals surface area contributed by atoms with E-state index in [1.54, 1.807) is 6.07 Å². The standard InChI is InChI=1S/C19H23N3O2/c1-4-5-9-21-18(23)15-10-16(12-20-11-15)19(24)22-17-13(2)7-6-8-14(17)3/h6-8,10-12H,4-5,9H2,1-3H3,(H,21,23)(H,22,24). The van der Waals surface area contributed by atoms with Crippen molar-refractivity contribution in [2.75, 3.05) is 11.9 Å². The van der Waals surface area contributed by atoms with Crippen LogP contribution in [-0.4, -0.2) is 23.3 Å². The molecule has 24 heavy (non-hydrogen) atoms. The average molecular weight is 325 g/mol. The molecule has 0 unspecified atom stereocenters. The molecule has 0 aliphatic heterocycles. The van der Waals surface area contributed by atoms with E-state index in [0.29, 0.717) is 17.7 Å². The Bertz CT molecular complexity index is 721. The molecule has 0 bridgehead atoms. The minimum absolute atomic E-state index is 0.210. The summed E-state index contributed by atoms with van der Waals surface area (Å²) < 4.78 is 0. The number of benzene rings is 1. The Morgan fingerprint density at radius 1 is 1.04 bits per heavy atom. The second-order valence-electron chi connectivity index (χ2n) is 5.79. The third kappa shape index (κ3) is 4.41. The Balaban J connectivity index is 2.13. The fourth-order valence-electron chi connectivity index (χ4n) is 2.37. The molecule has 1 aromatic carbocycles. The molecule has 0 atom stereocenters. The van der Waals surface area contributed by atoms with Crippen molar-refractivity contribution >= 4 is 17.5 Å². The van der Waals surface area contributed by atoms with Gasteiger partial charge in [-0.25, -0.2) is 0 Å². The van der Waals surface area contributed by atoms with Crippen molar-refractivity contribution in [2.45, 2.75) is 33.6 Å². The van der Waals surface area contributed by atoms with E-state index >= 15 is 0 Å². The summed E-state index contributed by atoms with van der Waals surface area (Å²) in [4.78, 5) is 28.6. The van der Waals surface area contributed by atoms with Crippen molar-refractivity contribution in [1.82, 2.24) is 10.3 Å². The van der Waals surface area contributed by atoms with Crippen LogP contribution < -0.4 is 10.6 Å². The maximum Gasteiger partial charge on any atom is 0.257 e. The zero-order valence-corrected chi connectivity index (χ0v) is 14.3. The van der Waals surface area contributed by atoms with E-state index in [0.717, 1.165) is 29.7 Å². The van der Waals surface area contributed by atoms with Crippen molar-refractivity contribution in [3.8, 4) is 0 Å². The van der Waals surface area contributed by atoms with Gasteiger partial charge in [-0.15, -0.1) is 0 Å². The predicted molar refractivity (Wildman–Crippen MR) is 95.3 cm³/mol. The normalized spacial score (nSPS) is 10.3. The summed E-state index contributed by atoms with van der Waals surface area (Å²) in [5, 5.41) is 5.73. The Hall–Kier alpha value is -2.69. The first-order chi connectivity index (χ1) is 11.5. The SMILES string of the molecule is CCCCNC(=O)c1cncc(C(=O)Nc2c(C)cccc2C)c1. The van der Waals surface area contributed by atoms with Crippen LogP contribution in [0.4, 0.5) is 5.69 Å². The lowest BCUT2D eigenvalue weighted by atomic mass is 10.1. The smallest absolute Gasteiger partial charge is 0.257 e. The lowest BCUT2D eigenvalue weighted by molar-refractivity contribution is 0.0953. The number of rotatable bonds is 6. The molecule has 126 valence electrons. The molecule has 0 radical (unpaired) electrons. The largest absolute Gasteiger partial charge is 0.352 e. The van der Waals surface area contributed by atoms with Gasteiger partial charge in [-0.2, -0.15) is 0 Å². The second-order valence-corrected chi connectivity index (χ2v) is 5.79. The molecule has 2 N–H and O–H groups in total. The molecule has 1 aromatic heterocycles. The number of para-hydroxylation sites is 1. The maximum absolute atomic E-state index is 12.5. The van der Waals surface area contributed by atoms with E-state index in [1.165, 1.54) is 12.4 Å². The van der Waals surface area contributed by atoms with Crippen molar-refractivity contribution < 1.29 is 9.59 Å². The van der Waals surface area contributed by atoms with Crippen LogP contribution in [0, 0.1) is 13.8 Å². The number of nitrogens with one attached hydrogen (secondary N) is 2. The van der Waals surface area contributed by atoms with Gasteiger partial charge in [-0.1, -0.05) is 31.5 Å². The third-order valence-corrected chi connectivity index (χ3v) is 3.80. The van der Waals surface area contributed by atoms with Gasteiger partial charge >= 0.3 is 0 Å². The van der Waals surface area contributed by atoms with Crippen LogP contribution in [0.25, 0.3) is 0 Å². The Kier molecular flexibility index (Phi) is 6.07. The first-order valence-electron chi connectivity index (χ1n) is 8.13. The molecule has 0 saturated carbocycles. The number of unbranched alkanes of at least 4 members (excludes halogenated alkanes) is 1. The first-order valence-corrected chi connectivity index (χ1v) is 8.13. The molecule has 0 aliphatic rings. The quantitative estimate of drug-likeness (QED) is 0.799. The maximum atomic E-state index is 12.5. The van der Waals surface area contributed by atoms with Gasteiger partial charge in [0, 0.05) is 24.6 Å². The highest BCUT2D eigenvalue weighted by atomic mass is 16.2. The number of amides is 2. The summed E-state index contributed by atoms with van der Waals surface area (Å²) in [6.45, 7) is 6.57. The molecule has 5 heteroatoms. The number of anilines is 1. The summed E-state index contributed by atoms with van der Waals surface area (Å²) in [6.07, 6.45) is 4.87. The van der Waals surface area contributed by atoms with Crippen molar-refractivity contribution in [3.05, 3.63) is 58.9 Å². The van der Waals surface area contributed by atoms with E-state index < -0.39 is 0 Å². The molecule has 1 heterocycles. The summed E-state index contributed by atoms with van der Waals surface area (Å²) in [7, 11) is 0. The van der Waals surface area contributed by atoms with Crippen molar-refractivity contribution in [2.24, 2.45) is 0 Å². The Morgan fingerprint density at radius 3 is 2.29 bits per heavy atom. The van der Waals surface area contributed by atoms with Crippen LogP contribution in [0.3, 0.4) is 0 Å². The number of carbonyl (C=O) groups is 2. The molecule has 0 saturated heterocycles. The third-order valence-electron chi connectivity index (χ3n) is 3.80. The van der Waals surface area contributed by atoms with Crippen LogP contribution in [-0.2, 0) is 0 Å². The van der Waals surface area contributed by atoms with Gasteiger partial charge < -0.3 is 10.6 Å². The number of pyridine rings is 1. The zero-order valence-electron chi connectivity index (χ0n) is 14.3. The zero-order chi connectivity index (χ0) is 17.5. The fraction of sp³-hybridized carbons (Fsp3) is 0.316. The summed E-state index contributed by atoms with van der Waals surface area (Å²) >= 11 is 0. The van der Waals surface area contributed by atoms with Gasteiger partial charge in [-0.05, 0) is 37.5 Å². The van der Waals surface area contributed by atoms with E-state index in [-0.39, 0.29) is 11.8 Å². The lowest BCUT2D eigenvalue weighted by Crippen LogP contribution is -2.25. The highest BCUT2D eigenvalue weighted by Gasteiger charge is 2.13. The van der Waals surface area contributed by atoms with E-state index in [4.69, 9.17) is 0 Å². The average Bonchev–Trinajstić information content (AvgIpc) is 2.58. The summed E-state index contributed by atoms with van der Waals surface area (Å²) in [5.74, 6) is -0.485. The fourth-order valence-corrected chi connectivity index (χ4v) is 2.37. The number of aryl methyl sites for hydroxylation is 2. The first kappa shape index (κ1) is 17.7. The van der Waals surface area contributed by atoms with Crippen LogP contribution in [0.15, 0.2) is 36.7 Å². The minimum atomic E-state index is -0.275. The molecule has 5 nitrogen and oxygen atoms in total. The molecule has 2 rings (SSSR count). The number of aromatic nitrogens is 1. The van der Waals surface area contributed by atoms with Crippen LogP contribution in [0.2, 0.25) is 0 Å². The molecular formula is C19H23N3O2. The Morgan fingerprint density at radius 2 is 1.67 bits per heavy atom. The van der Waals surface area contributed by atoms with Crippen LogP contribution in [0.5, 0.6) is 0 Å². The van der Waals surface area contributed by atoms with Crippen LogP contribution in [0.1, 0.15) is 51.6 Å².